The van der Waals surface area contributed by atoms with Crippen molar-refractivity contribution in [3.05, 3.63) is 75.4 Å². The zero-order chi connectivity index (χ0) is 18.3. The number of nitrogens with zero attached hydrogens (tertiary/aromatic N) is 1. The molecule has 134 valence electrons. The number of fused-ring (bicyclic) bond motifs is 3. The van der Waals surface area contributed by atoms with Crippen molar-refractivity contribution < 1.29 is 9.66 Å². The smallest absolute Gasteiger partial charge is 0.311 e. The molecular formula is C21H22N2O3. The van der Waals surface area contributed by atoms with Crippen LogP contribution in [0.1, 0.15) is 42.0 Å². The van der Waals surface area contributed by atoms with E-state index >= 15 is 0 Å². The van der Waals surface area contributed by atoms with Gasteiger partial charge in [0.15, 0.2) is 5.75 Å². The average molecular weight is 350 g/mol. The van der Waals surface area contributed by atoms with Crippen molar-refractivity contribution in [2.45, 2.75) is 31.7 Å². The highest BCUT2D eigenvalue weighted by molar-refractivity contribution is 5.65. The predicted molar refractivity (Wildman–Crippen MR) is 102 cm³/mol. The van der Waals surface area contributed by atoms with E-state index in [1.165, 1.54) is 23.9 Å². The van der Waals surface area contributed by atoms with Gasteiger partial charge in [0.25, 0.3) is 0 Å². The first-order chi connectivity index (χ1) is 12.6. The van der Waals surface area contributed by atoms with E-state index in [2.05, 4.69) is 42.6 Å². The quantitative estimate of drug-likeness (QED) is 0.479. The van der Waals surface area contributed by atoms with Crippen LogP contribution in [0.5, 0.6) is 5.75 Å². The maximum atomic E-state index is 11.4. The van der Waals surface area contributed by atoms with Gasteiger partial charge < -0.3 is 10.1 Å². The number of ether oxygens (including phenoxy) is 1. The lowest BCUT2D eigenvalue weighted by molar-refractivity contribution is -0.385. The highest BCUT2D eigenvalue weighted by Crippen LogP contribution is 2.51. The molecule has 0 spiro atoms. The van der Waals surface area contributed by atoms with E-state index in [0.29, 0.717) is 17.6 Å². The van der Waals surface area contributed by atoms with Crippen molar-refractivity contribution >= 4 is 11.4 Å². The van der Waals surface area contributed by atoms with Crippen molar-refractivity contribution in [2.24, 2.45) is 5.92 Å². The van der Waals surface area contributed by atoms with Crippen LogP contribution in [0.2, 0.25) is 0 Å². The van der Waals surface area contributed by atoms with Gasteiger partial charge in [-0.2, -0.15) is 0 Å². The first-order valence-corrected chi connectivity index (χ1v) is 9.01. The number of allylic oxidation sites excluding steroid dienone is 2. The number of methoxy groups -OCH3 is 1. The van der Waals surface area contributed by atoms with E-state index < -0.39 is 0 Å². The van der Waals surface area contributed by atoms with Gasteiger partial charge in [-0.1, -0.05) is 43.3 Å². The van der Waals surface area contributed by atoms with Gasteiger partial charge in [0.05, 0.1) is 18.1 Å². The average Bonchev–Trinajstić information content (AvgIpc) is 3.16. The van der Waals surface area contributed by atoms with Gasteiger partial charge in [-0.25, -0.2) is 0 Å². The van der Waals surface area contributed by atoms with Gasteiger partial charge >= 0.3 is 5.69 Å². The predicted octanol–water partition coefficient (Wildman–Crippen LogP) is 4.99. The molecule has 0 amide bonds. The fourth-order valence-electron chi connectivity index (χ4n) is 4.35. The summed E-state index contributed by atoms with van der Waals surface area (Å²) in [5.74, 6) is 1.01. The molecule has 0 bridgehead atoms. The molecule has 1 aliphatic carbocycles. The lowest BCUT2D eigenvalue weighted by atomic mass is 9.76. The molecule has 2 aromatic carbocycles. The molecule has 0 saturated carbocycles. The number of nitro benzene ring substituents is 1. The summed E-state index contributed by atoms with van der Waals surface area (Å²) in [6.07, 6.45) is 6.44. The summed E-state index contributed by atoms with van der Waals surface area (Å²) in [5.41, 5.74) is 4.76. The fraction of sp³-hybridized carbons (Fsp3) is 0.333. The van der Waals surface area contributed by atoms with Gasteiger partial charge in [0.2, 0.25) is 0 Å². The number of hydrogen-bond donors (Lipinski definition) is 1. The Morgan fingerprint density at radius 1 is 1.31 bits per heavy atom. The molecule has 0 unspecified atom stereocenters. The van der Waals surface area contributed by atoms with E-state index in [-0.39, 0.29) is 16.7 Å². The minimum Gasteiger partial charge on any atom is -0.490 e. The third-order valence-corrected chi connectivity index (χ3v) is 5.62. The molecule has 1 N–H and O–H groups in total. The van der Waals surface area contributed by atoms with Crippen LogP contribution in [0, 0.1) is 16.0 Å². The number of anilines is 1. The van der Waals surface area contributed by atoms with Crippen LogP contribution in [-0.2, 0) is 6.42 Å². The number of benzene rings is 2. The summed E-state index contributed by atoms with van der Waals surface area (Å²) in [5, 5.41) is 15.1. The Morgan fingerprint density at radius 2 is 2.15 bits per heavy atom. The highest BCUT2D eigenvalue weighted by Gasteiger charge is 2.39. The Kier molecular flexibility index (Phi) is 4.15. The van der Waals surface area contributed by atoms with Gasteiger partial charge in [-0.05, 0) is 41.5 Å². The van der Waals surface area contributed by atoms with E-state index in [9.17, 15) is 10.1 Å². The second-order valence-electron chi connectivity index (χ2n) is 6.90. The summed E-state index contributed by atoms with van der Waals surface area (Å²) >= 11 is 0. The molecule has 26 heavy (non-hydrogen) atoms. The van der Waals surface area contributed by atoms with E-state index in [4.69, 9.17) is 4.74 Å². The van der Waals surface area contributed by atoms with E-state index in [1.807, 2.05) is 6.07 Å². The molecule has 3 atom stereocenters. The Morgan fingerprint density at radius 3 is 2.88 bits per heavy atom. The molecule has 5 heteroatoms. The number of hydrogen-bond acceptors (Lipinski definition) is 4. The van der Waals surface area contributed by atoms with Crippen molar-refractivity contribution in [2.75, 3.05) is 12.4 Å². The Hall–Kier alpha value is -2.82. The molecule has 4 rings (SSSR count). The number of para-hydroxylation sites is 1. The summed E-state index contributed by atoms with van der Waals surface area (Å²) < 4.78 is 5.15. The molecule has 0 saturated heterocycles. The first-order valence-electron chi connectivity index (χ1n) is 9.01. The van der Waals surface area contributed by atoms with Crippen molar-refractivity contribution in [1.82, 2.24) is 0 Å². The largest absolute Gasteiger partial charge is 0.490 e. The maximum absolute atomic E-state index is 11.4. The van der Waals surface area contributed by atoms with Crippen LogP contribution in [-0.4, -0.2) is 12.0 Å². The maximum Gasteiger partial charge on any atom is 0.311 e. The van der Waals surface area contributed by atoms with E-state index in [0.717, 1.165) is 18.4 Å². The second kappa shape index (κ2) is 6.48. The van der Waals surface area contributed by atoms with Crippen LogP contribution in [0.4, 0.5) is 11.4 Å². The minimum absolute atomic E-state index is 0.0175. The van der Waals surface area contributed by atoms with Crippen LogP contribution in [0.15, 0.2) is 48.6 Å². The summed E-state index contributed by atoms with van der Waals surface area (Å²) in [6.45, 7) is 2.15. The van der Waals surface area contributed by atoms with Gasteiger partial charge in [-0.15, -0.1) is 0 Å². The summed E-state index contributed by atoms with van der Waals surface area (Å²) in [6, 6.07) is 11.8. The lowest BCUT2D eigenvalue weighted by Gasteiger charge is -2.38. The highest BCUT2D eigenvalue weighted by atomic mass is 16.6. The molecule has 1 heterocycles. The van der Waals surface area contributed by atoms with Crippen molar-refractivity contribution in [1.29, 1.82) is 0 Å². The standard InChI is InChI=1S/C21H22N2O3/c1-3-13-6-4-8-16-15-7-5-9-17(15)21(22-20(13)16)14-10-11-19(26-2)18(12-14)23(24)25/h4-8,10-12,15,17,21-22H,3,9H2,1-2H3/t15-,17-,21-/m1/s1. The van der Waals surface area contributed by atoms with Crippen LogP contribution in [0.3, 0.4) is 0 Å². The van der Waals surface area contributed by atoms with Crippen molar-refractivity contribution in [3.63, 3.8) is 0 Å². The number of nitro groups is 1. The molecule has 1 aliphatic heterocycles. The topological polar surface area (TPSA) is 64.4 Å². The number of aryl methyl sites for hydroxylation is 1. The zero-order valence-electron chi connectivity index (χ0n) is 14.9. The third kappa shape index (κ3) is 2.55. The van der Waals surface area contributed by atoms with Crippen LogP contribution >= 0.6 is 0 Å². The molecular weight excluding hydrogens is 328 g/mol. The number of nitrogens with one attached hydrogen (secondary N) is 1. The van der Waals surface area contributed by atoms with Gasteiger partial charge in [0, 0.05) is 17.7 Å². The Balaban J connectivity index is 1.80. The van der Waals surface area contributed by atoms with Gasteiger partial charge in [-0.3, -0.25) is 10.1 Å². The second-order valence-corrected chi connectivity index (χ2v) is 6.90. The van der Waals surface area contributed by atoms with Crippen LogP contribution in [0.25, 0.3) is 0 Å². The van der Waals surface area contributed by atoms with Crippen molar-refractivity contribution in [3.8, 4) is 5.75 Å². The molecule has 2 aromatic rings. The first kappa shape index (κ1) is 16.6. The normalized spacial score (nSPS) is 23.1. The Labute approximate surface area is 152 Å². The third-order valence-electron chi connectivity index (χ3n) is 5.62. The number of rotatable bonds is 4. The van der Waals surface area contributed by atoms with E-state index in [1.54, 1.807) is 12.1 Å². The summed E-state index contributed by atoms with van der Waals surface area (Å²) in [4.78, 5) is 11.1. The van der Waals surface area contributed by atoms with Crippen LogP contribution < -0.4 is 10.1 Å². The van der Waals surface area contributed by atoms with Gasteiger partial charge in [0.1, 0.15) is 0 Å². The molecule has 0 aromatic heterocycles. The monoisotopic (exact) mass is 350 g/mol. The fourth-order valence-corrected chi connectivity index (χ4v) is 4.35. The minimum atomic E-state index is -0.374. The SMILES string of the molecule is CCc1cccc2c1N[C@H](c1ccc(OC)c([N+](=O)[O-])c1)[C@@H]1CC=C[C@H]21. The zero-order valence-corrected chi connectivity index (χ0v) is 14.9. The molecule has 2 aliphatic rings. The summed E-state index contributed by atoms with van der Waals surface area (Å²) in [7, 11) is 1.46. The Bertz CT molecular complexity index is 891. The molecule has 0 fully saturated rings. The molecule has 0 radical (unpaired) electrons. The molecule has 5 nitrogen and oxygen atoms in total. The lowest BCUT2D eigenvalue weighted by Crippen LogP contribution is -2.29.